The molecular formula is C11H26O2Si. The lowest BCUT2D eigenvalue weighted by Crippen LogP contribution is -2.34. The van der Waals surface area contributed by atoms with Crippen LogP contribution in [0.25, 0.3) is 0 Å². The first-order valence-corrected chi connectivity index (χ1v) is 8.89. The van der Waals surface area contributed by atoms with Crippen LogP contribution in [0.5, 0.6) is 0 Å². The molecular weight excluding hydrogens is 192 g/mol. The quantitative estimate of drug-likeness (QED) is 0.482. The van der Waals surface area contributed by atoms with Gasteiger partial charge in [-0.25, -0.2) is 0 Å². The minimum Gasteiger partial charge on any atom is -0.417 e. The molecule has 0 bridgehead atoms. The van der Waals surface area contributed by atoms with E-state index in [9.17, 15) is 0 Å². The van der Waals surface area contributed by atoms with E-state index in [1.165, 1.54) is 0 Å². The van der Waals surface area contributed by atoms with E-state index in [1.54, 1.807) is 0 Å². The van der Waals surface area contributed by atoms with Crippen molar-refractivity contribution in [2.24, 2.45) is 5.41 Å². The fraction of sp³-hybridized carbons (Fsp3) is 1.00. The van der Waals surface area contributed by atoms with Crippen molar-refractivity contribution < 1.29 is 9.16 Å². The molecule has 2 nitrogen and oxygen atoms in total. The molecule has 0 unspecified atom stereocenters. The second kappa shape index (κ2) is 5.88. The summed E-state index contributed by atoms with van der Waals surface area (Å²) in [5.74, 6) is 0. The van der Waals surface area contributed by atoms with E-state index in [0.717, 1.165) is 26.2 Å². The van der Waals surface area contributed by atoms with Gasteiger partial charge >= 0.3 is 0 Å². The van der Waals surface area contributed by atoms with Crippen molar-refractivity contribution in [3.63, 3.8) is 0 Å². The molecule has 0 spiro atoms. The molecule has 0 rings (SSSR count). The second-order valence-electron chi connectivity index (χ2n) is 5.62. The predicted molar refractivity (Wildman–Crippen MR) is 64.2 cm³/mol. The molecule has 0 saturated carbocycles. The highest BCUT2D eigenvalue weighted by atomic mass is 28.4. The molecule has 0 aliphatic rings. The minimum atomic E-state index is -1.37. The lowest BCUT2D eigenvalue weighted by Gasteiger charge is -2.28. The highest BCUT2D eigenvalue weighted by Crippen LogP contribution is 2.18. The molecule has 0 heterocycles. The van der Waals surface area contributed by atoms with E-state index in [0.29, 0.717) is 0 Å². The van der Waals surface area contributed by atoms with E-state index < -0.39 is 8.32 Å². The maximum atomic E-state index is 5.88. The van der Waals surface area contributed by atoms with Crippen molar-refractivity contribution in [3.8, 4) is 0 Å². The number of ether oxygens (including phenoxy) is 1. The van der Waals surface area contributed by atoms with Crippen LogP contribution < -0.4 is 0 Å². The van der Waals surface area contributed by atoms with Crippen LogP contribution in [-0.2, 0) is 9.16 Å². The Hall–Kier alpha value is 0.137. The summed E-state index contributed by atoms with van der Waals surface area (Å²) in [6, 6.07) is 0. The largest absolute Gasteiger partial charge is 0.417 e. The van der Waals surface area contributed by atoms with Crippen LogP contribution in [0.4, 0.5) is 0 Å². The summed E-state index contributed by atoms with van der Waals surface area (Å²) >= 11 is 0. The average molecular weight is 218 g/mol. The molecule has 14 heavy (non-hydrogen) atoms. The lowest BCUT2D eigenvalue weighted by molar-refractivity contribution is 0.0331. The first kappa shape index (κ1) is 14.1. The Kier molecular flexibility index (Phi) is 5.94. The summed E-state index contributed by atoms with van der Waals surface area (Å²) in [6.07, 6.45) is 1.09. The van der Waals surface area contributed by atoms with Crippen molar-refractivity contribution in [2.75, 3.05) is 19.8 Å². The summed E-state index contributed by atoms with van der Waals surface area (Å²) in [7, 11) is -1.37. The van der Waals surface area contributed by atoms with Gasteiger partial charge < -0.3 is 9.16 Å². The van der Waals surface area contributed by atoms with E-state index in [4.69, 9.17) is 9.16 Å². The third kappa shape index (κ3) is 8.72. The fourth-order valence-corrected chi connectivity index (χ4v) is 1.77. The van der Waals surface area contributed by atoms with E-state index in [1.807, 2.05) is 0 Å². The Morgan fingerprint density at radius 3 is 2.07 bits per heavy atom. The van der Waals surface area contributed by atoms with Crippen LogP contribution in [0, 0.1) is 5.41 Å². The van der Waals surface area contributed by atoms with Gasteiger partial charge in [-0.2, -0.15) is 0 Å². The smallest absolute Gasteiger partial charge is 0.183 e. The monoisotopic (exact) mass is 218 g/mol. The molecule has 0 N–H and O–H groups in total. The third-order valence-electron chi connectivity index (χ3n) is 1.74. The molecule has 0 aromatic heterocycles. The average Bonchev–Trinajstić information content (AvgIpc) is 2.00. The van der Waals surface area contributed by atoms with Crippen molar-refractivity contribution in [1.29, 1.82) is 0 Å². The highest BCUT2D eigenvalue weighted by Gasteiger charge is 2.23. The van der Waals surface area contributed by atoms with Crippen molar-refractivity contribution in [3.05, 3.63) is 0 Å². The van der Waals surface area contributed by atoms with Gasteiger partial charge in [-0.05, 0) is 26.1 Å². The van der Waals surface area contributed by atoms with Crippen LogP contribution in [0.3, 0.4) is 0 Å². The minimum absolute atomic E-state index is 0.148. The zero-order valence-corrected chi connectivity index (χ0v) is 11.6. The first-order chi connectivity index (χ1) is 6.27. The third-order valence-corrected chi connectivity index (χ3v) is 2.75. The van der Waals surface area contributed by atoms with Gasteiger partial charge in [-0.1, -0.05) is 20.8 Å². The van der Waals surface area contributed by atoms with E-state index in [2.05, 4.69) is 40.4 Å². The number of rotatable bonds is 7. The Bertz CT molecular complexity index is 150. The van der Waals surface area contributed by atoms with Crippen LogP contribution in [0.2, 0.25) is 19.6 Å². The number of hydrogen-bond acceptors (Lipinski definition) is 2. The molecule has 0 aliphatic heterocycles. The van der Waals surface area contributed by atoms with Crippen LogP contribution in [0.1, 0.15) is 27.2 Å². The standard InChI is InChI=1S/C11H26O2Si/c1-7-8-12-9-11(2,3)10-13-14(4,5)6/h7-10H2,1-6H3. The summed E-state index contributed by atoms with van der Waals surface area (Å²) in [6.45, 7) is 15.6. The first-order valence-electron chi connectivity index (χ1n) is 5.48. The van der Waals surface area contributed by atoms with Crippen molar-refractivity contribution in [2.45, 2.75) is 46.8 Å². The van der Waals surface area contributed by atoms with Gasteiger partial charge in [0, 0.05) is 18.6 Å². The molecule has 0 atom stereocenters. The summed E-state index contributed by atoms with van der Waals surface area (Å²) in [4.78, 5) is 0. The van der Waals surface area contributed by atoms with Gasteiger partial charge in [-0.15, -0.1) is 0 Å². The second-order valence-corrected chi connectivity index (χ2v) is 10.1. The van der Waals surface area contributed by atoms with Gasteiger partial charge in [0.1, 0.15) is 0 Å². The molecule has 0 aromatic carbocycles. The molecule has 0 fully saturated rings. The number of hydrogen-bond donors (Lipinski definition) is 0. The normalized spacial score (nSPS) is 13.3. The van der Waals surface area contributed by atoms with E-state index in [-0.39, 0.29) is 5.41 Å². The fourth-order valence-electron chi connectivity index (χ4n) is 0.946. The molecule has 0 aromatic rings. The van der Waals surface area contributed by atoms with Crippen molar-refractivity contribution >= 4 is 8.32 Å². The SMILES string of the molecule is CCCOCC(C)(C)CO[Si](C)(C)C. The maximum Gasteiger partial charge on any atom is 0.183 e. The zero-order chi connectivity index (χ0) is 11.2. The molecule has 86 valence electrons. The summed E-state index contributed by atoms with van der Waals surface area (Å²) < 4.78 is 11.4. The molecule has 0 radical (unpaired) electrons. The Balaban J connectivity index is 3.72. The molecule has 0 amide bonds. The predicted octanol–water partition coefficient (Wildman–Crippen LogP) is 3.29. The van der Waals surface area contributed by atoms with E-state index >= 15 is 0 Å². The topological polar surface area (TPSA) is 18.5 Å². The molecule has 0 saturated heterocycles. The van der Waals surface area contributed by atoms with Crippen molar-refractivity contribution in [1.82, 2.24) is 0 Å². The van der Waals surface area contributed by atoms with Crippen LogP contribution in [-0.4, -0.2) is 28.1 Å². The Morgan fingerprint density at radius 1 is 1.07 bits per heavy atom. The zero-order valence-electron chi connectivity index (χ0n) is 10.6. The Labute approximate surface area is 90.1 Å². The van der Waals surface area contributed by atoms with Gasteiger partial charge in [-0.3, -0.25) is 0 Å². The van der Waals surface area contributed by atoms with Crippen LogP contribution in [0.15, 0.2) is 0 Å². The van der Waals surface area contributed by atoms with Gasteiger partial charge in [0.05, 0.1) is 6.61 Å². The summed E-state index contributed by atoms with van der Waals surface area (Å²) in [5, 5.41) is 0. The van der Waals surface area contributed by atoms with Gasteiger partial charge in [0.25, 0.3) is 0 Å². The maximum absolute atomic E-state index is 5.88. The van der Waals surface area contributed by atoms with Gasteiger partial charge in [0.15, 0.2) is 8.32 Å². The highest BCUT2D eigenvalue weighted by molar-refractivity contribution is 6.69. The molecule has 3 heteroatoms. The summed E-state index contributed by atoms with van der Waals surface area (Å²) in [5.41, 5.74) is 0.148. The lowest BCUT2D eigenvalue weighted by atomic mass is 9.97. The Morgan fingerprint density at radius 2 is 1.64 bits per heavy atom. The van der Waals surface area contributed by atoms with Gasteiger partial charge in [0.2, 0.25) is 0 Å². The van der Waals surface area contributed by atoms with Crippen LogP contribution >= 0.6 is 0 Å². The molecule has 0 aliphatic carbocycles.